The van der Waals surface area contributed by atoms with Gasteiger partial charge in [0.2, 0.25) is 0 Å². The summed E-state index contributed by atoms with van der Waals surface area (Å²) < 4.78 is 5.39. The van der Waals surface area contributed by atoms with E-state index in [0.29, 0.717) is 23.7 Å². The van der Waals surface area contributed by atoms with Gasteiger partial charge in [0.15, 0.2) is 0 Å². The highest BCUT2D eigenvalue weighted by Crippen LogP contribution is 2.34. The molecule has 2 heteroatoms. The second-order valence-electron chi connectivity index (χ2n) is 7.32. The molecule has 0 saturated carbocycles. The summed E-state index contributed by atoms with van der Waals surface area (Å²) in [5, 5.41) is 0. The molecule has 0 saturated heterocycles. The first kappa shape index (κ1) is 21.2. The predicted molar refractivity (Wildman–Crippen MR) is 95.6 cm³/mol. The van der Waals surface area contributed by atoms with Crippen molar-refractivity contribution >= 4 is 11.9 Å². The van der Waals surface area contributed by atoms with Crippen molar-refractivity contribution in [3.05, 3.63) is 0 Å². The zero-order valence-electron chi connectivity index (χ0n) is 15.5. The molecule has 128 valence electrons. The largest absolute Gasteiger partial charge is 0.275 e. The van der Waals surface area contributed by atoms with E-state index in [4.69, 9.17) is 16.2 Å². The average Bonchev–Trinajstić information content (AvgIpc) is 2.47. The summed E-state index contributed by atoms with van der Waals surface area (Å²) in [6, 6.07) is 0. The molecule has 0 aliphatic heterocycles. The van der Waals surface area contributed by atoms with E-state index in [1.54, 1.807) is 0 Å². The summed E-state index contributed by atoms with van der Waals surface area (Å²) in [6.45, 7) is 16.1. The molecule has 0 N–H and O–H groups in total. The SMILES string of the molecule is CCC(CC)CCCC(C)C(CC)C(OCl)C(C)C(C)C. The van der Waals surface area contributed by atoms with Gasteiger partial charge in [0.05, 0.1) is 18.0 Å². The third-order valence-electron chi connectivity index (χ3n) is 5.72. The highest BCUT2D eigenvalue weighted by Gasteiger charge is 2.32. The molecule has 0 radical (unpaired) electrons. The van der Waals surface area contributed by atoms with Gasteiger partial charge in [-0.15, -0.1) is 0 Å². The van der Waals surface area contributed by atoms with Gasteiger partial charge in [-0.3, -0.25) is 4.29 Å². The third kappa shape index (κ3) is 7.37. The molecular weight excluding hydrogens is 280 g/mol. The molecule has 0 bridgehead atoms. The monoisotopic (exact) mass is 318 g/mol. The van der Waals surface area contributed by atoms with E-state index < -0.39 is 0 Å². The summed E-state index contributed by atoms with van der Waals surface area (Å²) in [7, 11) is 0. The Balaban J connectivity index is 4.48. The molecule has 0 spiro atoms. The summed E-state index contributed by atoms with van der Waals surface area (Å²) in [4.78, 5) is 0. The van der Waals surface area contributed by atoms with Crippen molar-refractivity contribution in [1.29, 1.82) is 0 Å². The molecule has 0 aromatic carbocycles. The van der Waals surface area contributed by atoms with Gasteiger partial charge >= 0.3 is 0 Å². The van der Waals surface area contributed by atoms with Crippen LogP contribution >= 0.6 is 11.9 Å². The lowest BCUT2D eigenvalue weighted by Gasteiger charge is -2.34. The number of hydrogen-bond acceptors (Lipinski definition) is 1. The van der Waals surface area contributed by atoms with E-state index in [1.807, 2.05) is 0 Å². The van der Waals surface area contributed by atoms with Crippen molar-refractivity contribution in [2.75, 3.05) is 0 Å². The van der Waals surface area contributed by atoms with Crippen molar-refractivity contribution in [1.82, 2.24) is 0 Å². The molecule has 0 heterocycles. The third-order valence-corrected chi connectivity index (χ3v) is 5.93. The number of hydrogen-bond donors (Lipinski definition) is 0. The Morgan fingerprint density at radius 3 is 1.81 bits per heavy atom. The molecule has 0 amide bonds. The topological polar surface area (TPSA) is 9.23 Å². The summed E-state index contributed by atoms with van der Waals surface area (Å²) in [5.74, 6) is 3.29. The summed E-state index contributed by atoms with van der Waals surface area (Å²) in [6.07, 6.45) is 7.99. The minimum atomic E-state index is 0.180. The van der Waals surface area contributed by atoms with E-state index in [0.717, 1.165) is 12.3 Å². The Kier molecular flexibility index (Phi) is 11.9. The van der Waals surface area contributed by atoms with Gasteiger partial charge < -0.3 is 0 Å². The van der Waals surface area contributed by atoms with Gasteiger partial charge in [-0.25, -0.2) is 0 Å². The quantitative estimate of drug-likeness (QED) is 0.373. The van der Waals surface area contributed by atoms with Crippen LogP contribution in [-0.4, -0.2) is 6.10 Å². The molecule has 0 rings (SSSR count). The maximum absolute atomic E-state index is 5.85. The standard InChI is InChI=1S/C19H39ClO/c1-8-17(9-2)13-11-12-15(6)18(10-3)19(21-20)16(7)14(4)5/h14-19H,8-13H2,1-7H3. The molecule has 0 aromatic heterocycles. The number of halogens is 1. The summed E-state index contributed by atoms with van der Waals surface area (Å²) in [5.41, 5.74) is 0. The predicted octanol–water partition coefficient (Wildman–Crippen LogP) is 7.09. The minimum absolute atomic E-state index is 0.180. The molecule has 4 unspecified atom stereocenters. The van der Waals surface area contributed by atoms with Gasteiger partial charge in [-0.05, 0) is 29.6 Å². The van der Waals surface area contributed by atoms with Gasteiger partial charge in [0, 0.05) is 0 Å². The lowest BCUT2D eigenvalue weighted by atomic mass is 9.76. The van der Waals surface area contributed by atoms with Crippen LogP contribution in [0.4, 0.5) is 0 Å². The van der Waals surface area contributed by atoms with Crippen LogP contribution in [0.5, 0.6) is 0 Å². The molecule has 0 aromatic rings. The Morgan fingerprint density at radius 2 is 1.43 bits per heavy atom. The van der Waals surface area contributed by atoms with Crippen LogP contribution in [0.2, 0.25) is 0 Å². The zero-order chi connectivity index (χ0) is 16.4. The summed E-state index contributed by atoms with van der Waals surface area (Å²) >= 11 is 5.85. The van der Waals surface area contributed by atoms with E-state index in [-0.39, 0.29) is 6.10 Å². The van der Waals surface area contributed by atoms with Crippen LogP contribution < -0.4 is 0 Å². The fraction of sp³-hybridized carbons (Fsp3) is 1.00. The lowest BCUT2D eigenvalue weighted by Crippen LogP contribution is -2.34. The fourth-order valence-electron chi connectivity index (χ4n) is 3.51. The van der Waals surface area contributed by atoms with Gasteiger partial charge in [-0.1, -0.05) is 87.0 Å². The van der Waals surface area contributed by atoms with E-state index in [9.17, 15) is 0 Å². The van der Waals surface area contributed by atoms with Crippen LogP contribution in [0.15, 0.2) is 0 Å². The van der Waals surface area contributed by atoms with Crippen LogP contribution in [0.3, 0.4) is 0 Å². The van der Waals surface area contributed by atoms with Crippen molar-refractivity contribution in [3.8, 4) is 0 Å². The van der Waals surface area contributed by atoms with Crippen molar-refractivity contribution in [2.45, 2.75) is 93.1 Å². The van der Waals surface area contributed by atoms with Crippen LogP contribution in [0.1, 0.15) is 87.0 Å². The Morgan fingerprint density at radius 1 is 0.857 bits per heavy atom. The van der Waals surface area contributed by atoms with Gasteiger partial charge in [0.1, 0.15) is 0 Å². The Labute approximate surface area is 139 Å². The molecular formula is C19H39ClO. The van der Waals surface area contributed by atoms with E-state index in [1.165, 1.54) is 32.1 Å². The molecule has 0 aliphatic rings. The van der Waals surface area contributed by atoms with Gasteiger partial charge in [-0.2, -0.15) is 0 Å². The van der Waals surface area contributed by atoms with Gasteiger partial charge in [0.25, 0.3) is 0 Å². The Hall–Kier alpha value is 0.250. The van der Waals surface area contributed by atoms with Crippen molar-refractivity contribution < 1.29 is 4.29 Å². The molecule has 0 fully saturated rings. The van der Waals surface area contributed by atoms with Crippen LogP contribution in [0, 0.1) is 29.6 Å². The fourth-order valence-corrected chi connectivity index (χ4v) is 3.81. The first-order chi connectivity index (χ1) is 9.92. The zero-order valence-corrected chi connectivity index (χ0v) is 16.2. The molecule has 1 nitrogen and oxygen atoms in total. The smallest absolute Gasteiger partial charge is 0.0849 e. The lowest BCUT2D eigenvalue weighted by molar-refractivity contribution is 0.0395. The van der Waals surface area contributed by atoms with Crippen molar-refractivity contribution in [3.63, 3.8) is 0 Å². The second kappa shape index (κ2) is 11.8. The highest BCUT2D eigenvalue weighted by atomic mass is 35.5. The minimum Gasteiger partial charge on any atom is -0.275 e. The van der Waals surface area contributed by atoms with Crippen LogP contribution in [-0.2, 0) is 4.29 Å². The first-order valence-electron chi connectivity index (χ1n) is 9.20. The molecule has 0 aliphatic carbocycles. The van der Waals surface area contributed by atoms with E-state index in [2.05, 4.69) is 48.5 Å². The average molecular weight is 319 g/mol. The van der Waals surface area contributed by atoms with E-state index >= 15 is 0 Å². The van der Waals surface area contributed by atoms with Crippen LogP contribution in [0.25, 0.3) is 0 Å². The maximum Gasteiger partial charge on any atom is 0.0849 e. The van der Waals surface area contributed by atoms with Crippen molar-refractivity contribution in [2.24, 2.45) is 29.6 Å². The molecule has 21 heavy (non-hydrogen) atoms. The highest BCUT2D eigenvalue weighted by molar-refractivity contribution is 6.07. The normalized spacial score (nSPS) is 18.0. The number of rotatable bonds is 12. The second-order valence-corrected chi connectivity index (χ2v) is 7.50. The Bertz CT molecular complexity index is 238. The first-order valence-corrected chi connectivity index (χ1v) is 9.50. The maximum atomic E-state index is 5.85. The molecule has 4 atom stereocenters.